The molecule has 6 heteroatoms. The number of benzene rings is 1. The molecule has 2 N–H and O–H groups in total. The number of ether oxygens (including phenoxy) is 2. The molecule has 1 aliphatic heterocycles. The fraction of sp³-hybridized carbons (Fsp3) is 0.500. The van der Waals surface area contributed by atoms with E-state index in [-0.39, 0.29) is 18.2 Å². The Morgan fingerprint density at radius 3 is 2.59 bits per heavy atom. The maximum Gasteiger partial charge on any atom is 0.226 e. The van der Waals surface area contributed by atoms with Gasteiger partial charge in [0.05, 0.1) is 0 Å². The van der Waals surface area contributed by atoms with E-state index in [0.717, 1.165) is 0 Å². The summed E-state index contributed by atoms with van der Waals surface area (Å²) in [6.45, 7) is 5.34. The van der Waals surface area contributed by atoms with E-state index < -0.39 is 0 Å². The maximum absolute atomic E-state index is 11.8. The molecule has 1 aliphatic rings. The standard InChI is InChI=1S/C16H22N2O4/c1-11(2)9-16(20)17-6-5-15(19)18-12-3-4-13-14(10-12)22-8-7-21-13/h3-4,10-11H,5-9H2,1-2H3,(H,17,20)(H,18,19). The van der Waals surface area contributed by atoms with Crippen molar-refractivity contribution in [2.24, 2.45) is 5.92 Å². The van der Waals surface area contributed by atoms with Crippen LogP contribution in [0, 0.1) is 5.92 Å². The Hall–Kier alpha value is -2.24. The van der Waals surface area contributed by atoms with Crippen LogP contribution in [0.1, 0.15) is 26.7 Å². The summed E-state index contributed by atoms with van der Waals surface area (Å²) in [4.78, 5) is 23.3. The molecule has 2 amide bonds. The number of fused-ring (bicyclic) bond motifs is 1. The minimum absolute atomic E-state index is 0.0258. The molecule has 0 aromatic heterocycles. The minimum atomic E-state index is -0.151. The highest BCUT2D eigenvalue weighted by molar-refractivity contribution is 5.91. The Bertz CT molecular complexity index is 543. The van der Waals surface area contributed by atoms with Crippen LogP contribution in [-0.4, -0.2) is 31.6 Å². The van der Waals surface area contributed by atoms with Gasteiger partial charge in [0.25, 0.3) is 0 Å². The SMILES string of the molecule is CC(C)CC(=O)NCCC(=O)Nc1ccc2c(c1)OCCO2. The highest BCUT2D eigenvalue weighted by Crippen LogP contribution is 2.32. The monoisotopic (exact) mass is 306 g/mol. The molecule has 22 heavy (non-hydrogen) atoms. The van der Waals surface area contributed by atoms with Gasteiger partial charge >= 0.3 is 0 Å². The lowest BCUT2D eigenvalue weighted by Gasteiger charge is -2.19. The van der Waals surface area contributed by atoms with Gasteiger partial charge in [-0.1, -0.05) is 13.8 Å². The third kappa shape index (κ3) is 4.95. The van der Waals surface area contributed by atoms with Crippen LogP contribution in [0.4, 0.5) is 5.69 Å². The van der Waals surface area contributed by atoms with E-state index in [0.29, 0.717) is 49.3 Å². The summed E-state index contributed by atoms with van der Waals surface area (Å²) in [5.41, 5.74) is 0.655. The fourth-order valence-electron chi connectivity index (χ4n) is 2.10. The summed E-state index contributed by atoms with van der Waals surface area (Å²) < 4.78 is 10.9. The van der Waals surface area contributed by atoms with Crippen LogP contribution < -0.4 is 20.1 Å². The molecule has 0 fully saturated rings. The largest absolute Gasteiger partial charge is 0.486 e. The Labute approximate surface area is 130 Å². The first-order valence-electron chi connectivity index (χ1n) is 7.51. The molecule has 1 heterocycles. The van der Waals surface area contributed by atoms with Crippen LogP contribution in [0.5, 0.6) is 11.5 Å². The molecule has 0 bridgehead atoms. The van der Waals surface area contributed by atoms with E-state index in [4.69, 9.17) is 9.47 Å². The zero-order valence-corrected chi connectivity index (χ0v) is 13.0. The van der Waals surface area contributed by atoms with Crippen LogP contribution in [0.2, 0.25) is 0 Å². The van der Waals surface area contributed by atoms with Crippen LogP contribution in [0.3, 0.4) is 0 Å². The van der Waals surface area contributed by atoms with Gasteiger partial charge in [-0.3, -0.25) is 9.59 Å². The molecule has 1 aromatic carbocycles. The number of anilines is 1. The molecular formula is C16H22N2O4. The van der Waals surface area contributed by atoms with Gasteiger partial charge in [-0.15, -0.1) is 0 Å². The van der Waals surface area contributed by atoms with Crippen molar-refractivity contribution < 1.29 is 19.1 Å². The highest BCUT2D eigenvalue weighted by Gasteiger charge is 2.13. The first-order valence-corrected chi connectivity index (χ1v) is 7.51. The molecule has 120 valence electrons. The Balaban J connectivity index is 1.76. The Kier molecular flexibility index (Phi) is 5.63. The first kappa shape index (κ1) is 16.1. The smallest absolute Gasteiger partial charge is 0.226 e. The van der Waals surface area contributed by atoms with Crippen LogP contribution in [-0.2, 0) is 9.59 Å². The summed E-state index contributed by atoms with van der Waals surface area (Å²) in [5, 5.41) is 5.52. The van der Waals surface area contributed by atoms with Gasteiger partial charge in [-0.25, -0.2) is 0 Å². The van der Waals surface area contributed by atoms with Crippen molar-refractivity contribution in [3.8, 4) is 11.5 Å². The lowest BCUT2D eigenvalue weighted by molar-refractivity contribution is -0.121. The number of hydrogen-bond acceptors (Lipinski definition) is 4. The van der Waals surface area contributed by atoms with Crippen molar-refractivity contribution in [1.82, 2.24) is 5.32 Å². The van der Waals surface area contributed by atoms with Gasteiger partial charge in [-0.05, 0) is 18.1 Å². The fourth-order valence-corrected chi connectivity index (χ4v) is 2.10. The Morgan fingerprint density at radius 1 is 1.14 bits per heavy atom. The third-order valence-electron chi connectivity index (χ3n) is 3.09. The molecule has 0 radical (unpaired) electrons. The molecule has 2 rings (SSSR count). The van der Waals surface area contributed by atoms with E-state index in [1.54, 1.807) is 18.2 Å². The second-order valence-electron chi connectivity index (χ2n) is 5.60. The van der Waals surface area contributed by atoms with Gasteiger partial charge in [0, 0.05) is 31.1 Å². The van der Waals surface area contributed by atoms with Gasteiger partial charge < -0.3 is 20.1 Å². The normalized spacial score (nSPS) is 12.9. The summed E-state index contributed by atoms with van der Waals surface area (Å²) in [6.07, 6.45) is 0.710. The third-order valence-corrected chi connectivity index (χ3v) is 3.09. The summed E-state index contributed by atoms with van der Waals surface area (Å²) in [6, 6.07) is 5.28. The lowest BCUT2D eigenvalue weighted by Crippen LogP contribution is -2.28. The maximum atomic E-state index is 11.8. The number of carbonyl (C=O) groups excluding carboxylic acids is 2. The van der Waals surface area contributed by atoms with Crippen molar-refractivity contribution in [3.63, 3.8) is 0 Å². The van der Waals surface area contributed by atoms with E-state index in [1.165, 1.54) is 0 Å². The number of nitrogens with one attached hydrogen (secondary N) is 2. The van der Waals surface area contributed by atoms with E-state index >= 15 is 0 Å². The molecule has 0 unspecified atom stereocenters. The molecule has 6 nitrogen and oxygen atoms in total. The summed E-state index contributed by atoms with van der Waals surface area (Å²) in [5.74, 6) is 1.45. The van der Waals surface area contributed by atoms with Crippen LogP contribution >= 0.6 is 0 Å². The molecule has 0 saturated heterocycles. The van der Waals surface area contributed by atoms with Gasteiger partial charge in [-0.2, -0.15) is 0 Å². The molecule has 0 saturated carbocycles. The topological polar surface area (TPSA) is 76.7 Å². The van der Waals surface area contributed by atoms with Gasteiger partial charge in [0.2, 0.25) is 11.8 Å². The predicted molar refractivity (Wildman–Crippen MR) is 83.1 cm³/mol. The number of carbonyl (C=O) groups is 2. The first-order chi connectivity index (χ1) is 10.5. The van der Waals surface area contributed by atoms with Crippen LogP contribution in [0.15, 0.2) is 18.2 Å². The van der Waals surface area contributed by atoms with Crippen molar-refractivity contribution in [2.75, 3.05) is 25.1 Å². The van der Waals surface area contributed by atoms with Gasteiger partial charge in [0.15, 0.2) is 11.5 Å². The van der Waals surface area contributed by atoms with Crippen molar-refractivity contribution in [2.45, 2.75) is 26.7 Å². The molecular weight excluding hydrogens is 284 g/mol. The van der Waals surface area contributed by atoms with E-state index in [1.807, 2.05) is 13.8 Å². The predicted octanol–water partition coefficient (Wildman–Crippen LogP) is 1.95. The van der Waals surface area contributed by atoms with E-state index in [2.05, 4.69) is 10.6 Å². The number of hydrogen-bond donors (Lipinski definition) is 2. The lowest BCUT2D eigenvalue weighted by atomic mass is 10.1. The molecule has 1 aromatic rings. The van der Waals surface area contributed by atoms with Crippen molar-refractivity contribution in [1.29, 1.82) is 0 Å². The second-order valence-corrected chi connectivity index (χ2v) is 5.60. The Morgan fingerprint density at radius 2 is 1.86 bits per heavy atom. The molecule has 0 aliphatic carbocycles. The number of rotatable bonds is 6. The summed E-state index contributed by atoms with van der Waals surface area (Å²) >= 11 is 0. The highest BCUT2D eigenvalue weighted by atomic mass is 16.6. The zero-order chi connectivity index (χ0) is 15.9. The minimum Gasteiger partial charge on any atom is -0.486 e. The van der Waals surface area contributed by atoms with Gasteiger partial charge in [0.1, 0.15) is 13.2 Å². The summed E-state index contributed by atoms with van der Waals surface area (Å²) in [7, 11) is 0. The zero-order valence-electron chi connectivity index (χ0n) is 13.0. The second kappa shape index (κ2) is 7.68. The van der Waals surface area contributed by atoms with Crippen molar-refractivity contribution in [3.05, 3.63) is 18.2 Å². The number of amides is 2. The molecule has 0 spiro atoms. The average molecular weight is 306 g/mol. The van der Waals surface area contributed by atoms with E-state index in [9.17, 15) is 9.59 Å². The average Bonchev–Trinajstić information content (AvgIpc) is 2.46. The van der Waals surface area contributed by atoms with Crippen molar-refractivity contribution >= 4 is 17.5 Å². The van der Waals surface area contributed by atoms with Crippen LogP contribution in [0.25, 0.3) is 0 Å². The molecule has 0 atom stereocenters. The quantitative estimate of drug-likeness (QED) is 0.842.